The zero-order valence-electron chi connectivity index (χ0n) is 8.51. The maximum atomic E-state index is 10.9. The average molecular weight is 230 g/mol. The molecule has 0 spiro atoms. The second-order valence-electron chi connectivity index (χ2n) is 3.25. The Labute approximate surface area is 97.3 Å². The van der Waals surface area contributed by atoms with E-state index < -0.39 is 5.91 Å². The van der Waals surface area contributed by atoms with Gasteiger partial charge in [0.25, 0.3) is 5.91 Å². The van der Waals surface area contributed by atoms with E-state index in [4.69, 9.17) is 5.73 Å². The molecule has 2 rings (SSSR count). The molecule has 2 aromatic rings. The van der Waals surface area contributed by atoms with Gasteiger partial charge in [0.05, 0.1) is 11.3 Å². The van der Waals surface area contributed by atoms with E-state index in [-0.39, 0.29) is 5.57 Å². The van der Waals surface area contributed by atoms with Crippen molar-refractivity contribution in [3.05, 3.63) is 47.3 Å². The van der Waals surface area contributed by atoms with E-state index in [1.165, 1.54) is 11.3 Å². The molecule has 80 valence electrons. The molecule has 2 N–H and O–H groups in total. The normalized spacial score (nSPS) is 10.0. The maximum Gasteiger partial charge on any atom is 0.251 e. The highest BCUT2D eigenvalue weighted by atomic mass is 32.1. The fourth-order valence-corrected chi connectivity index (χ4v) is 2.07. The van der Waals surface area contributed by atoms with E-state index in [1.54, 1.807) is 0 Å². The van der Waals surface area contributed by atoms with E-state index in [1.807, 2.05) is 35.7 Å². The lowest BCUT2D eigenvalue weighted by Gasteiger charge is -1.95. The Morgan fingerprint density at radius 2 is 2.00 bits per heavy atom. The smallest absolute Gasteiger partial charge is 0.251 e. The zero-order valence-corrected chi connectivity index (χ0v) is 9.33. The van der Waals surface area contributed by atoms with Gasteiger partial charge in [-0.25, -0.2) is 4.98 Å². The number of nitrogens with two attached hydrogens (primary N) is 1. The molecule has 4 heteroatoms. The second kappa shape index (κ2) is 4.28. The van der Waals surface area contributed by atoms with Gasteiger partial charge in [-0.3, -0.25) is 4.79 Å². The van der Waals surface area contributed by atoms with Crippen LogP contribution in [-0.4, -0.2) is 10.9 Å². The number of amides is 1. The van der Waals surface area contributed by atoms with Crippen LogP contribution in [0.15, 0.2) is 42.3 Å². The van der Waals surface area contributed by atoms with Crippen molar-refractivity contribution in [1.82, 2.24) is 4.98 Å². The first-order chi connectivity index (χ1) is 7.68. The summed E-state index contributed by atoms with van der Waals surface area (Å²) in [5.74, 6) is -0.533. The van der Waals surface area contributed by atoms with Crippen LogP contribution in [0.1, 0.15) is 5.01 Å². The largest absolute Gasteiger partial charge is 0.366 e. The Hall–Kier alpha value is -1.94. The van der Waals surface area contributed by atoms with Crippen LogP contribution in [0.25, 0.3) is 16.8 Å². The Morgan fingerprint density at radius 1 is 1.31 bits per heavy atom. The Balaban J connectivity index is 2.34. The molecule has 0 aliphatic rings. The number of nitrogens with zero attached hydrogens (tertiary/aromatic N) is 1. The number of primary amides is 1. The Kier molecular flexibility index (Phi) is 2.83. The van der Waals surface area contributed by atoms with Gasteiger partial charge >= 0.3 is 0 Å². The van der Waals surface area contributed by atoms with Gasteiger partial charge < -0.3 is 5.73 Å². The molecule has 0 fully saturated rings. The average Bonchev–Trinajstić information content (AvgIpc) is 2.78. The van der Waals surface area contributed by atoms with E-state index in [0.717, 1.165) is 11.3 Å². The molecule has 3 nitrogen and oxygen atoms in total. The summed E-state index contributed by atoms with van der Waals surface area (Å²) in [6.45, 7) is 3.60. The summed E-state index contributed by atoms with van der Waals surface area (Å²) >= 11 is 1.37. The molecule has 16 heavy (non-hydrogen) atoms. The van der Waals surface area contributed by atoms with E-state index in [0.29, 0.717) is 5.01 Å². The highest BCUT2D eigenvalue weighted by molar-refractivity contribution is 7.11. The molecule has 0 unspecified atom stereocenters. The van der Waals surface area contributed by atoms with Gasteiger partial charge in [0, 0.05) is 10.9 Å². The molecule has 1 aromatic carbocycles. The quantitative estimate of drug-likeness (QED) is 0.822. The number of hydrogen-bond acceptors (Lipinski definition) is 3. The van der Waals surface area contributed by atoms with Crippen LogP contribution in [0.5, 0.6) is 0 Å². The third kappa shape index (κ3) is 2.01. The number of rotatable bonds is 3. The predicted molar refractivity (Wildman–Crippen MR) is 65.8 cm³/mol. The van der Waals surface area contributed by atoms with Crippen molar-refractivity contribution in [3.63, 3.8) is 0 Å². The fourth-order valence-electron chi connectivity index (χ4n) is 1.26. The molecule has 0 saturated carbocycles. The Bertz CT molecular complexity index is 531. The number of thiazole rings is 1. The first-order valence-corrected chi connectivity index (χ1v) is 5.56. The highest BCUT2D eigenvalue weighted by Gasteiger charge is 2.10. The van der Waals surface area contributed by atoms with Gasteiger partial charge in [-0.1, -0.05) is 36.9 Å². The minimum atomic E-state index is -0.533. The van der Waals surface area contributed by atoms with Crippen molar-refractivity contribution < 1.29 is 4.79 Å². The molecule has 0 bridgehead atoms. The molecular weight excluding hydrogens is 220 g/mol. The van der Waals surface area contributed by atoms with Gasteiger partial charge in [-0.15, -0.1) is 11.3 Å². The predicted octanol–water partition coefficient (Wildman–Crippen LogP) is 2.31. The summed E-state index contributed by atoms with van der Waals surface area (Å²) in [6, 6.07) is 9.76. The van der Waals surface area contributed by atoms with Crippen LogP contribution in [0.3, 0.4) is 0 Å². The fraction of sp³-hybridized carbons (Fsp3) is 0. The van der Waals surface area contributed by atoms with E-state index in [9.17, 15) is 4.79 Å². The molecule has 0 radical (unpaired) electrons. The van der Waals surface area contributed by atoms with E-state index in [2.05, 4.69) is 11.6 Å². The Morgan fingerprint density at radius 3 is 2.62 bits per heavy atom. The van der Waals surface area contributed by atoms with Crippen molar-refractivity contribution in [3.8, 4) is 11.3 Å². The van der Waals surface area contributed by atoms with Gasteiger partial charge in [-0.05, 0) is 0 Å². The monoisotopic (exact) mass is 230 g/mol. The van der Waals surface area contributed by atoms with Crippen LogP contribution < -0.4 is 5.73 Å². The number of benzene rings is 1. The first kappa shape index (κ1) is 10.6. The lowest BCUT2D eigenvalue weighted by molar-refractivity contribution is -0.112. The third-order valence-corrected chi connectivity index (χ3v) is 3.03. The number of hydrogen-bond donors (Lipinski definition) is 1. The summed E-state index contributed by atoms with van der Waals surface area (Å²) in [7, 11) is 0. The topological polar surface area (TPSA) is 56.0 Å². The minimum absolute atomic E-state index is 0.257. The van der Waals surface area contributed by atoms with Crippen molar-refractivity contribution in [2.24, 2.45) is 5.73 Å². The van der Waals surface area contributed by atoms with Crippen molar-refractivity contribution in [2.75, 3.05) is 0 Å². The number of carbonyl (C=O) groups excluding carboxylic acids is 1. The SMILES string of the molecule is C=C(C(N)=O)c1nc(-c2ccccc2)cs1. The molecule has 0 aliphatic heterocycles. The molecule has 1 aromatic heterocycles. The van der Waals surface area contributed by atoms with Crippen LogP contribution in [0.2, 0.25) is 0 Å². The second-order valence-corrected chi connectivity index (χ2v) is 4.10. The lowest BCUT2D eigenvalue weighted by atomic mass is 10.2. The molecule has 1 amide bonds. The van der Waals surface area contributed by atoms with Crippen molar-refractivity contribution in [1.29, 1.82) is 0 Å². The van der Waals surface area contributed by atoms with Gasteiger partial charge in [0.1, 0.15) is 5.01 Å². The number of aromatic nitrogens is 1. The van der Waals surface area contributed by atoms with Crippen LogP contribution >= 0.6 is 11.3 Å². The number of carbonyl (C=O) groups is 1. The minimum Gasteiger partial charge on any atom is -0.366 e. The van der Waals surface area contributed by atoms with Crippen LogP contribution in [0.4, 0.5) is 0 Å². The van der Waals surface area contributed by atoms with Gasteiger partial charge in [-0.2, -0.15) is 0 Å². The standard InChI is InChI=1S/C12H10N2OS/c1-8(11(13)15)12-14-10(7-16-12)9-5-3-2-4-6-9/h2-7H,1H2,(H2,13,15). The summed E-state index contributed by atoms with van der Waals surface area (Å²) in [6.07, 6.45) is 0. The molecular formula is C12H10N2OS. The van der Waals surface area contributed by atoms with Gasteiger partial charge in [0.15, 0.2) is 0 Å². The zero-order chi connectivity index (χ0) is 11.5. The summed E-state index contributed by atoms with van der Waals surface area (Å²) in [5.41, 5.74) is 7.25. The van der Waals surface area contributed by atoms with Crippen molar-refractivity contribution in [2.45, 2.75) is 0 Å². The van der Waals surface area contributed by atoms with E-state index >= 15 is 0 Å². The molecule has 1 heterocycles. The third-order valence-electron chi connectivity index (χ3n) is 2.13. The van der Waals surface area contributed by atoms with Gasteiger partial charge in [0.2, 0.25) is 0 Å². The van der Waals surface area contributed by atoms with Crippen LogP contribution in [0, 0.1) is 0 Å². The molecule has 0 atom stereocenters. The summed E-state index contributed by atoms with van der Waals surface area (Å²) in [5, 5.41) is 2.46. The van der Waals surface area contributed by atoms with Crippen LogP contribution in [-0.2, 0) is 4.79 Å². The highest BCUT2D eigenvalue weighted by Crippen LogP contribution is 2.24. The molecule has 0 saturated heterocycles. The first-order valence-electron chi connectivity index (χ1n) is 4.68. The summed E-state index contributed by atoms with van der Waals surface area (Å²) < 4.78 is 0. The summed E-state index contributed by atoms with van der Waals surface area (Å²) in [4.78, 5) is 15.3. The maximum absolute atomic E-state index is 10.9. The molecule has 0 aliphatic carbocycles. The van der Waals surface area contributed by atoms with Crippen molar-refractivity contribution >= 4 is 22.8 Å². The lowest BCUT2D eigenvalue weighted by Crippen LogP contribution is -2.11.